The molecule has 5 nitrogen and oxygen atoms in total. The van der Waals surface area contributed by atoms with Gasteiger partial charge in [-0.15, -0.1) is 11.8 Å². The predicted molar refractivity (Wildman–Crippen MR) is 44.5 cm³/mol. The van der Waals surface area contributed by atoms with E-state index in [1.54, 1.807) is 0 Å². The summed E-state index contributed by atoms with van der Waals surface area (Å²) in [5, 5.41) is 35.3. The summed E-state index contributed by atoms with van der Waals surface area (Å²) in [7, 11) is 0. The summed E-state index contributed by atoms with van der Waals surface area (Å²) in [6.45, 7) is -0.261. The summed E-state index contributed by atoms with van der Waals surface area (Å²) >= 11 is 1.07. The third kappa shape index (κ3) is 1.73. The van der Waals surface area contributed by atoms with E-state index in [9.17, 15) is 15.3 Å². The monoisotopic (exact) mass is 195 g/mol. The van der Waals surface area contributed by atoms with Gasteiger partial charge in [0.05, 0.1) is 23.3 Å². The van der Waals surface area contributed by atoms with Crippen molar-refractivity contribution in [2.75, 3.05) is 6.61 Å². The van der Waals surface area contributed by atoms with Crippen LogP contribution in [0.25, 0.3) is 0 Å². The highest BCUT2D eigenvalue weighted by Gasteiger charge is 2.41. The molecule has 5 atom stereocenters. The van der Waals surface area contributed by atoms with Gasteiger partial charge in [-0.3, -0.25) is 0 Å². The largest absolute Gasteiger partial charge is 0.395 e. The van der Waals surface area contributed by atoms with E-state index in [-0.39, 0.29) is 6.61 Å². The van der Waals surface area contributed by atoms with Gasteiger partial charge in [0, 0.05) is 0 Å². The second-order valence-electron chi connectivity index (χ2n) is 2.79. The summed E-state index contributed by atoms with van der Waals surface area (Å²) in [5.74, 6) is 0. The van der Waals surface area contributed by atoms with Crippen molar-refractivity contribution in [1.82, 2.24) is 0 Å². The van der Waals surface area contributed by atoms with Crippen LogP contribution in [0.2, 0.25) is 0 Å². The molecule has 0 aliphatic carbocycles. The maximum Gasteiger partial charge on any atom is 0.109 e. The Morgan fingerprint density at radius 2 is 1.67 bits per heavy atom. The zero-order valence-electron chi connectivity index (χ0n) is 6.37. The van der Waals surface area contributed by atoms with Crippen LogP contribution in [0.1, 0.15) is 0 Å². The summed E-state index contributed by atoms with van der Waals surface area (Å²) < 4.78 is 0. The fourth-order valence-corrected chi connectivity index (χ4v) is 2.26. The topological polar surface area (TPSA) is 107 Å². The molecular weight excluding hydrogens is 182 g/mol. The van der Waals surface area contributed by atoms with E-state index in [1.807, 2.05) is 0 Å². The first-order chi connectivity index (χ1) is 5.57. The number of thioether (sulfide) groups is 1. The molecule has 0 aromatic rings. The second kappa shape index (κ2) is 3.91. The first-order valence-electron chi connectivity index (χ1n) is 3.64. The van der Waals surface area contributed by atoms with Crippen LogP contribution in [-0.4, -0.2) is 56.0 Å². The van der Waals surface area contributed by atoms with Crippen molar-refractivity contribution < 1.29 is 20.4 Å². The van der Waals surface area contributed by atoms with Gasteiger partial charge < -0.3 is 26.2 Å². The Morgan fingerprint density at radius 3 is 2.17 bits per heavy atom. The minimum Gasteiger partial charge on any atom is -0.395 e. The van der Waals surface area contributed by atoms with Gasteiger partial charge in [0.25, 0.3) is 0 Å². The molecule has 0 spiro atoms. The van der Waals surface area contributed by atoms with Crippen LogP contribution >= 0.6 is 11.8 Å². The summed E-state index contributed by atoms with van der Waals surface area (Å²) in [5.41, 5.74) is 5.43. The molecule has 0 saturated carbocycles. The van der Waals surface area contributed by atoms with Crippen molar-refractivity contribution in [2.24, 2.45) is 5.73 Å². The Kier molecular flexibility index (Phi) is 3.33. The molecule has 1 aliphatic heterocycles. The molecule has 6 N–H and O–H groups in total. The lowest BCUT2D eigenvalue weighted by molar-refractivity contribution is -0.0690. The van der Waals surface area contributed by atoms with Crippen LogP contribution in [0.5, 0.6) is 0 Å². The maximum atomic E-state index is 9.28. The highest BCUT2D eigenvalue weighted by atomic mass is 32.2. The number of hydrogen-bond donors (Lipinski definition) is 5. The van der Waals surface area contributed by atoms with Crippen molar-refractivity contribution in [1.29, 1.82) is 0 Å². The lowest BCUT2D eigenvalue weighted by Crippen LogP contribution is -2.56. The molecule has 0 aromatic heterocycles. The van der Waals surface area contributed by atoms with E-state index in [0.29, 0.717) is 0 Å². The number of aliphatic hydroxyl groups is 4. The Hall–Kier alpha value is 0.150. The normalized spacial score (nSPS) is 49.2. The van der Waals surface area contributed by atoms with Crippen LogP contribution < -0.4 is 5.73 Å². The first-order valence-corrected chi connectivity index (χ1v) is 4.58. The quantitative estimate of drug-likeness (QED) is 0.316. The van der Waals surface area contributed by atoms with Crippen LogP contribution in [0.15, 0.2) is 0 Å². The van der Waals surface area contributed by atoms with Crippen LogP contribution in [0.4, 0.5) is 0 Å². The van der Waals surface area contributed by atoms with E-state index in [2.05, 4.69) is 0 Å². The molecule has 0 aromatic carbocycles. The second-order valence-corrected chi connectivity index (χ2v) is 4.22. The SMILES string of the molecule is N[C@H]1S[C@H](CO)[C@@H](O)[C@H](O)[C@@H]1O. The number of nitrogens with two attached hydrogens (primary N) is 1. The van der Waals surface area contributed by atoms with E-state index in [1.165, 1.54) is 0 Å². The van der Waals surface area contributed by atoms with Crippen molar-refractivity contribution >= 4 is 11.8 Å². The molecule has 72 valence electrons. The molecule has 0 bridgehead atoms. The molecular formula is C6H13NO4S. The highest BCUT2D eigenvalue weighted by molar-refractivity contribution is 8.00. The zero-order chi connectivity index (χ0) is 9.30. The molecule has 0 amide bonds. The zero-order valence-corrected chi connectivity index (χ0v) is 7.18. The lowest BCUT2D eigenvalue weighted by Gasteiger charge is -2.37. The lowest BCUT2D eigenvalue weighted by atomic mass is 10.0. The summed E-state index contributed by atoms with van der Waals surface area (Å²) in [4.78, 5) is 0. The van der Waals surface area contributed by atoms with Crippen molar-refractivity contribution in [3.8, 4) is 0 Å². The van der Waals surface area contributed by atoms with Crippen LogP contribution in [-0.2, 0) is 0 Å². The standard InChI is InChI=1S/C6H13NO4S/c7-6-5(11)4(10)3(9)2(1-8)12-6/h2-6,8-11H,1,7H2/t2-,3-,4+,5+,6+/m1/s1. The smallest absolute Gasteiger partial charge is 0.109 e. The molecule has 12 heavy (non-hydrogen) atoms. The van der Waals surface area contributed by atoms with Gasteiger partial charge in [-0.25, -0.2) is 0 Å². The molecule has 1 fully saturated rings. The Balaban J connectivity index is 2.63. The predicted octanol–water partition coefficient (Wildman–Crippen LogP) is -2.54. The van der Waals surface area contributed by atoms with Crippen molar-refractivity contribution in [2.45, 2.75) is 28.9 Å². The molecule has 0 unspecified atom stereocenters. The summed E-state index contributed by atoms with van der Waals surface area (Å²) in [6.07, 6.45) is -3.51. The van der Waals surface area contributed by atoms with Gasteiger partial charge in [-0.1, -0.05) is 0 Å². The molecule has 6 heteroatoms. The minimum absolute atomic E-state index is 0.261. The van der Waals surface area contributed by atoms with Gasteiger partial charge in [0.1, 0.15) is 12.2 Å². The van der Waals surface area contributed by atoms with Gasteiger partial charge in [-0.05, 0) is 0 Å². The van der Waals surface area contributed by atoms with Gasteiger partial charge >= 0.3 is 0 Å². The van der Waals surface area contributed by atoms with E-state index in [0.717, 1.165) is 11.8 Å². The number of rotatable bonds is 1. The number of aliphatic hydroxyl groups excluding tert-OH is 4. The van der Waals surface area contributed by atoms with E-state index >= 15 is 0 Å². The average molecular weight is 195 g/mol. The van der Waals surface area contributed by atoms with Gasteiger partial charge in [0.15, 0.2) is 0 Å². The maximum absolute atomic E-state index is 9.28. The fraction of sp³-hybridized carbons (Fsp3) is 1.00. The summed E-state index contributed by atoms with van der Waals surface area (Å²) in [6, 6.07) is 0. The van der Waals surface area contributed by atoms with E-state index in [4.69, 9.17) is 10.8 Å². The van der Waals surface area contributed by atoms with Crippen LogP contribution in [0.3, 0.4) is 0 Å². The number of hydrogen-bond acceptors (Lipinski definition) is 6. The Morgan fingerprint density at radius 1 is 1.08 bits per heavy atom. The third-order valence-corrected chi connectivity index (χ3v) is 3.30. The van der Waals surface area contributed by atoms with Crippen molar-refractivity contribution in [3.05, 3.63) is 0 Å². The van der Waals surface area contributed by atoms with Crippen molar-refractivity contribution in [3.63, 3.8) is 0 Å². The average Bonchev–Trinajstić information content (AvgIpc) is 2.08. The van der Waals surface area contributed by atoms with Gasteiger partial charge in [0.2, 0.25) is 0 Å². The first kappa shape index (κ1) is 10.2. The minimum atomic E-state index is -1.27. The third-order valence-electron chi connectivity index (χ3n) is 1.93. The molecule has 1 heterocycles. The molecule has 1 rings (SSSR count). The molecule has 1 aliphatic rings. The van der Waals surface area contributed by atoms with E-state index < -0.39 is 28.9 Å². The van der Waals surface area contributed by atoms with Crippen LogP contribution in [0, 0.1) is 0 Å². The Bertz CT molecular complexity index is 154. The molecule has 1 saturated heterocycles. The molecule has 0 radical (unpaired) electrons. The Labute approximate surface area is 74.2 Å². The fourth-order valence-electron chi connectivity index (χ4n) is 1.13. The highest BCUT2D eigenvalue weighted by Crippen LogP contribution is 2.29. The van der Waals surface area contributed by atoms with Gasteiger partial charge in [-0.2, -0.15) is 0 Å².